The molecule has 1 saturated carbocycles. The number of carbonyl (C=O) groups is 1. The maximum atomic E-state index is 13.3. The van der Waals surface area contributed by atoms with Gasteiger partial charge < -0.3 is 24.8 Å². The number of aromatic nitrogens is 1. The van der Waals surface area contributed by atoms with Gasteiger partial charge in [0.25, 0.3) is 11.5 Å². The van der Waals surface area contributed by atoms with Crippen LogP contribution in [0.2, 0.25) is 5.02 Å². The van der Waals surface area contributed by atoms with Crippen LogP contribution in [0.4, 0.5) is 5.69 Å². The van der Waals surface area contributed by atoms with Crippen LogP contribution in [-0.2, 0) is 6.54 Å². The van der Waals surface area contributed by atoms with Gasteiger partial charge >= 0.3 is 0 Å². The number of rotatable bonds is 6. The van der Waals surface area contributed by atoms with Gasteiger partial charge in [-0.15, -0.1) is 0 Å². The first kappa shape index (κ1) is 26.6. The van der Waals surface area contributed by atoms with Crippen molar-refractivity contribution in [3.05, 3.63) is 55.5 Å². The molecule has 7 nitrogen and oxygen atoms in total. The van der Waals surface area contributed by atoms with Gasteiger partial charge in [-0.05, 0) is 97.7 Å². The van der Waals surface area contributed by atoms with Crippen LogP contribution in [0.1, 0.15) is 72.3 Å². The number of nitrogens with zero attached hydrogens (tertiary/aromatic N) is 2. The fourth-order valence-electron chi connectivity index (χ4n) is 6.12. The number of carbonyl (C=O) groups excluding carboxylic acids is 1. The number of nitrogens with one attached hydrogen (secondary N) is 2. The van der Waals surface area contributed by atoms with Gasteiger partial charge in [-0.25, -0.2) is 0 Å². The number of amides is 1. The van der Waals surface area contributed by atoms with Crippen molar-refractivity contribution < 1.29 is 9.53 Å². The van der Waals surface area contributed by atoms with E-state index < -0.39 is 5.72 Å². The molecule has 1 unspecified atom stereocenters. The fraction of sp³-hybridized carbons (Fsp3) is 0.571. The SMILES string of the molecule is CCN1c2c(C)c(C(=O)NCc3c(C)cc(C)[nH]c3=O)cc(Cl)c2OC1(C)C1CCC(N(C)C)CC1. The second-order valence-electron chi connectivity index (χ2n) is 10.7. The molecule has 0 spiro atoms. The van der Waals surface area contributed by atoms with Crippen molar-refractivity contribution in [1.29, 1.82) is 0 Å². The van der Waals surface area contributed by atoms with Gasteiger partial charge in [0, 0.05) is 41.9 Å². The first-order valence-corrected chi connectivity index (χ1v) is 13.3. The summed E-state index contributed by atoms with van der Waals surface area (Å²) in [6.07, 6.45) is 4.45. The van der Waals surface area contributed by atoms with Crippen molar-refractivity contribution >= 4 is 23.2 Å². The summed E-state index contributed by atoms with van der Waals surface area (Å²) in [4.78, 5) is 33.1. The van der Waals surface area contributed by atoms with E-state index in [1.54, 1.807) is 6.07 Å². The lowest BCUT2D eigenvalue weighted by Crippen LogP contribution is -2.54. The topological polar surface area (TPSA) is 77.7 Å². The average molecular weight is 515 g/mol. The van der Waals surface area contributed by atoms with Crippen LogP contribution in [0.3, 0.4) is 0 Å². The van der Waals surface area contributed by atoms with Crippen molar-refractivity contribution in [2.24, 2.45) is 5.92 Å². The minimum absolute atomic E-state index is 0.148. The van der Waals surface area contributed by atoms with Gasteiger partial charge in [-0.3, -0.25) is 9.59 Å². The van der Waals surface area contributed by atoms with Crippen molar-refractivity contribution in [2.75, 3.05) is 25.5 Å². The zero-order chi connectivity index (χ0) is 26.4. The van der Waals surface area contributed by atoms with Crippen LogP contribution in [0.25, 0.3) is 0 Å². The molecule has 1 atom stereocenters. The summed E-state index contributed by atoms with van der Waals surface area (Å²) in [7, 11) is 4.30. The minimum Gasteiger partial charge on any atom is -0.464 e. The number of fused-ring (bicyclic) bond motifs is 1. The monoisotopic (exact) mass is 514 g/mol. The first-order chi connectivity index (χ1) is 17.0. The molecule has 2 aromatic rings. The van der Waals surface area contributed by atoms with Gasteiger partial charge in [0.1, 0.15) is 0 Å². The lowest BCUT2D eigenvalue weighted by Gasteiger charge is -2.44. The summed E-state index contributed by atoms with van der Waals surface area (Å²) in [6.45, 7) is 10.9. The van der Waals surface area contributed by atoms with E-state index >= 15 is 0 Å². The van der Waals surface area contributed by atoms with Gasteiger partial charge in [0.05, 0.1) is 10.7 Å². The standard InChI is InChI=1S/C28H39ClN4O3/c1-8-33-24-18(4)21(26(34)30-15-22-16(2)13-17(3)31-27(22)35)14-23(29)25(24)36-28(33,5)19-9-11-20(12-10-19)32(6)7/h13-14,19-20H,8-12,15H2,1-7H3,(H,30,34)(H,31,35). The maximum absolute atomic E-state index is 13.3. The molecule has 1 aliphatic heterocycles. The molecule has 2 heterocycles. The Labute approximate surface area is 219 Å². The second kappa shape index (κ2) is 10.1. The number of aryl methyl sites for hydroxylation is 2. The van der Waals surface area contributed by atoms with E-state index in [0.717, 1.165) is 54.7 Å². The smallest absolute Gasteiger partial charge is 0.253 e. The number of H-pyrrole nitrogens is 1. The number of hydrogen-bond acceptors (Lipinski definition) is 5. The third kappa shape index (κ3) is 4.63. The van der Waals surface area contributed by atoms with Gasteiger partial charge in [0.15, 0.2) is 11.5 Å². The molecule has 1 aromatic carbocycles. The predicted molar refractivity (Wildman–Crippen MR) is 145 cm³/mol. The predicted octanol–water partition coefficient (Wildman–Crippen LogP) is 4.94. The Morgan fingerprint density at radius 3 is 2.47 bits per heavy atom. The highest BCUT2D eigenvalue weighted by Gasteiger charge is 2.50. The Hall–Kier alpha value is -2.51. The second-order valence-corrected chi connectivity index (χ2v) is 11.1. The minimum atomic E-state index is -0.510. The Balaban J connectivity index is 1.60. The van der Waals surface area contributed by atoms with E-state index in [-0.39, 0.29) is 18.0 Å². The van der Waals surface area contributed by atoms with Crippen LogP contribution >= 0.6 is 11.6 Å². The highest BCUT2D eigenvalue weighted by molar-refractivity contribution is 6.33. The largest absolute Gasteiger partial charge is 0.464 e. The van der Waals surface area contributed by atoms with E-state index in [1.165, 1.54) is 0 Å². The Kier molecular flexibility index (Phi) is 7.45. The highest BCUT2D eigenvalue weighted by Crippen LogP contribution is 2.53. The Morgan fingerprint density at radius 1 is 1.22 bits per heavy atom. The van der Waals surface area contributed by atoms with E-state index in [0.29, 0.717) is 33.9 Å². The van der Waals surface area contributed by atoms with E-state index in [1.807, 2.05) is 26.8 Å². The summed E-state index contributed by atoms with van der Waals surface area (Å²) in [5, 5.41) is 3.37. The van der Waals surface area contributed by atoms with Crippen molar-refractivity contribution in [3.8, 4) is 5.75 Å². The number of benzene rings is 1. The Morgan fingerprint density at radius 2 is 1.89 bits per heavy atom. The third-order valence-electron chi connectivity index (χ3n) is 8.24. The van der Waals surface area contributed by atoms with Crippen LogP contribution in [-0.4, -0.2) is 48.2 Å². The summed E-state index contributed by atoms with van der Waals surface area (Å²) in [5.41, 5.74) is 3.76. The molecule has 0 saturated heterocycles. The average Bonchev–Trinajstić information content (AvgIpc) is 3.14. The molecule has 1 fully saturated rings. The molecule has 1 amide bonds. The van der Waals surface area contributed by atoms with Crippen molar-refractivity contribution in [2.45, 2.75) is 78.6 Å². The number of hydrogen-bond donors (Lipinski definition) is 2. The molecule has 196 valence electrons. The van der Waals surface area contributed by atoms with E-state index in [2.05, 4.69) is 48.0 Å². The molecule has 1 aromatic heterocycles. The summed E-state index contributed by atoms with van der Waals surface area (Å²) in [5.74, 6) is 0.772. The summed E-state index contributed by atoms with van der Waals surface area (Å²) < 4.78 is 6.65. The number of ether oxygens (including phenoxy) is 1. The van der Waals surface area contributed by atoms with Gasteiger partial charge in [0.2, 0.25) is 0 Å². The molecule has 2 aliphatic rings. The van der Waals surface area contributed by atoms with Crippen molar-refractivity contribution in [1.82, 2.24) is 15.2 Å². The van der Waals surface area contributed by atoms with E-state index in [9.17, 15) is 9.59 Å². The van der Waals surface area contributed by atoms with Gasteiger partial charge in [-0.2, -0.15) is 0 Å². The summed E-state index contributed by atoms with van der Waals surface area (Å²) in [6, 6.07) is 4.21. The lowest BCUT2D eigenvalue weighted by atomic mass is 9.79. The third-order valence-corrected chi connectivity index (χ3v) is 8.52. The van der Waals surface area contributed by atoms with Gasteiger partial charge in [-0.1, -0.05) is 11.6 Å². The van der Waals surface area contributed by atoms with Crippen LogP contribution in [0, 0.1) is 26.7 Å². The molecule has 4 rings (SSSR count). The molecule has 8 heteroatoms. The lowest BCUT2D eigenvalue weighted by molar-refractivity contribution is 0.0123. The normalized spacial score (nSPS) is 23.5. The zero-order valence-corrected chi connectivity index (χ0v) is 23.3. The highest BCUT2D eigenvalue weighted by atomic mass is 35.5. The molecule has 2 N–H and O–H groups in total. The Bertz CT molecular complexity index is 1220. The number of pyridine rings is 1. The molecule has 0 bridgehead atoms. The molecule has 36 heavy (non-hydrogen) atoms. The quantitative estimate of drug-likeness (QED) is 0.571. The van der Waals surface area contributed by atoms with Crippen LogP contribution in [0.15, 0.2) is 16.9 Å². The van der Waals surface area contributed by atoms with E-state index in [4.69, 9.17) is 16.3 Å². The molecular weight excluding hydrogens is 476 g/mol. The number of anilines is 1. The number of halogens is 1. The summed E-state index contributed by atoms with van der Waals surface area (Å²) >= 11 is 6.74. The van der Waals surface area contributed by atoms with Crippen molar-refractivity contribution in [3.63, 3.8) is 0 Å². The molecule has 1 aliphatic carbocycles. The number of aromatic amines is 1. The first-order valence-electron chi connectivity index (χ1n) is 12.9. The van der Waals surface area contributed by atoms with Crippen LogP contribution in [0.5, 0.6) is 5.75 Å². The zero-order valence-electron chi connectivity index (χ0n) is 22.5. The molecular formula is C28H39ClN4O3. The molecule has 0 radical (unpaired) electrons. The van der Waals surface area contributed by atoms with Crippen LogP contribution < -0.4 is 20.5 Å². The fourth-order valence-corrected chi connectivity index (χ4v) is 6.36. The maximum Gasteiger partial charge on any atom is 0.253 e.